The summed E-state index contributed by atoms with van der Waals surface area (Å²) in [5.41, 5.74) is 3.92. The molecule has 2 N–H and O–H groups in total. The van der Waals surface area contributed by atoms with Gasteiger partial charge in [-0.3, -0.25) is 4.79 Å². The van der Waals surface area contributed by atoms with E-state index < -0.39 is 10.0 Å². The molecule has 0 radical (unpaired) electrons. The van der Waals surface area contributed by atoms with Crippen LogP contribution in [0.4, 0.5) is 11.4 Å². The van der Waals surface area contributed by atoms with Crippen LogP contribution in [0.15, 0.2) is 48.5 Å². The van der Waals surface area contributed by atoms with Crippen molar-refractivity contribution in [3.05, 3.63) is 59.7 Å². The smallest absolute Gasteiger partial charge is 0.246 e. The number of carbonyl (C=O) groups is 1. The average molecular weight is 373 g/mol. The fourth-order valence-electron chi connectivity index (χ4n) is 3.07. The van der Waals surface area contributed by atoms with Crippen molar-refractivity contribution >= 4 is 27.3 Å². The first-order valence-corrected chi connectivity index (χ1v) is 10.4. The minimum Gasteiger partial charge on any atom is -0.359 e. The Morgan fingerprint density at radius 1 is 1.15 bits per heavy atom. The summed E-state index contributed by atoms with van der Waals surface area (Å²) in [6, 6.07) is 15.0. The third-order valence-electron chi connectivity index (χ3n) is 4.53. The number of benzene rings is 2. The van der Waals surface area contributed by atoms with Gasteiger partial charge < -0.3 is 10.2 Å². The number of hydrogen-bond donors (Lipinski definition) is 2. The third-order valence-corrected chi connectivity index (χ3v) is 5.20. The average Bonchev–Trinajstić information content (AvgIpc) is 3.04. The number of nitrogens with zero attached hydrogens (tertiary/aromatic N) is 1. The Balaban J connectivity index is 1.61. The van der Waals surface area contributed by atoms with Gasteiger partial charge in [0.15, 0.2) is 0 Å². The molecule has 0 saturated heterocycles. The molecule has 2 aromatic rings. The number of carbonyl (C=O) groups excluding carboxylic acids is 1. The molecule has 3 rings (SSSR count). The maximum atomic E-state index is 12.6. The van der Waals surface area contributed by atoms with Crippen LogP contribution in [0.5, 0.6) is 0 Å². The van der Waals surface area contributed by atoms with Crippen LogP contribution in [0.25, 0.3) is 0 Å². The van der Waals surface area contributed by atoms with E-state index in [4.69, 9.17) is 0 Å². The first-order chi connectivity index (χ1) is 12.3. The highest BCUT2D eigenvalue weighted by Gasteiger charge is 2.27. The van der Waals surface area contributed by atoms with E-state index in [1.54, 1.807) is 24.3 Å². The van der Waals surface area contributed by atoms with Gasteiger partial charge in [0.2, 0.25) is 15.9 Å². The number of fused-ring (bicyclic) bond motifs is 1. The maximum absolute atomic E-state index is 12.6. The van der Waals surface area contributed by atoms with Crippen molar-refractivity contribution in [1.82, 2.24) is 4.72 Å². The highest BCUT2D eigenvalue weighted by Crippen LogP contribution is 2.29. The first-order valence-electron chi connectivity index (χ1n) is 8.52. The summed E-state index contributed by atoms with van der Waals surface area (Å²) in [6.07, 6.45) is 2.08. The molecule has 0 fully saturated rings. The second kappa shape index (κ2) is 7.47. The third kappa shape index (κ3) is 4.42. The summed E-state index contributed by atoms with van der Waals surface area (Å²) < 4.78 is 24.7. The number of anilines is 2. The zero-order valence-corrected chi connectivity index (χ0v) is 15.7. The Labute approximate surface area is 154 Å². The Kier molecular flexibility index (Phi) is 5.29. The molecule has 0 aliphatic carbocycles. The summed E-state index contributed by atoms with van der Waals surface area (Å²) in [4.78, 5) is 14.7. The van der Waals surface area contributed by atoms with Crippen LogP contribution in [0.3, 0.4) is 0 Å². The van der Waals surface area contributed by atoms with Gasteiger partial charge in [-0.15, -0.1) is 0 Å². The predicted octanol–water partition coefficient (Wildman–Crippen LogP) is 2.13. The van der Waals surface area contributed by atoms with E-state index in [0.717, 1.165) is 30.5 Å². The van der Waals surface area contributed by atoms with Gasteiger partial charge in [0, 0.05) is 24.5 Å². The lowest BCUT2D eigenvalue weighted by Crippen LogP contribution is -2.41. The van der Waals surface area contributed by atoms with Crippen LogP contribution in [0, 0.1) is 0 Å². The molecule has 26 heavy (non-hydrogen) atoms. The predicted molar refractivity (Wildman–Crippen MR) is 104 cm³/mol. The molecule has 0 bridgehead atoms. The van der Waals surface area contributed by atoms with Crippen molar-refractivity contribution in [1.29, 1.82) is 0 Å². The molecule has 1 aliphatic rings. The lowest BCUT2D eigenvalue weighted by atomic mass is 10.1. The number of nitrogens with one attached hydrogen (secondary N) is 2. The molecular formula is C19H23N3O3S. The molecule has 1 amide bonds. The molecule has 1 aliphatic heterocycles. The molecule has 138 valence electrons. The standard InChI is InChI=1S/C19H23N3O3S/c1-14(22-12-11-16-5-3-4-6-18(16)22)19(23)21-17-9-7-15(8-10-17)13-20-26(2,24)25/h3-10,14,20H,11-13H2,1-2H3,(H,21,23)/t14-/m1/s1. The van der Waals surface area contributed by atoms with E-state index in [0.29, 0.717) is 5.69 Å². The topological polar surface area (TPSA) is 78.5 Å². The van der Waals surface area contributed by atoms with E-state index in [-0.39, 0.29) is 18.5 Å². The van der Waals surface area contributed by atoms with Gasteiger partial charge >= 0.3 is 0 Å². The van der Waals surface area contributed by atoms with Gasteiger partial charge in [-0.25, -0.2) is 13.1 Å². The molecule has 6 nitrogen and oxygen atoms in total. The Morgan fingerprint density at radius 3 is 2.54 bits per heavy atom. The second-order valence-corrected chi connectivity index (χ2v) is 8.36. The van der Waals surface area contributed by atoms with Crippen LogP contribution >= 0.6 is 0 Å². The summed E-state index contributed by atoms with van der Waals surface area (Å²) >= 11 is 0. The van der Waals surface area contributed by atoms with Crippen LogP contribution in [0.2, 0.25) is 0 Å². The first kappa shape index (κ1) is 18.4. The second-order valence-electron chi connectivity index (χ2n) is 6.53. The van der Waals surface area contributed by atoms with Crippen molar-refractivity contribution in [2.45, 2.75) is 25.9 Å². The summed E-state index contributed by atoms with van der Waals surface area (Å²) in [5.74, 6) is -0.0660. The Morgan fingerprint density at radius 2 is 1.85 bits per heavy atom. The van der Waals surface area contributed by atoms with Crippen LogP contribution in [0.1, 0.15) is 18.1 Å². The Hall–Kier alpha value is -2.38. The lowest BCUT2D eigenvalue weighted by Gasteiger charge is -2.26. The van der Waals surface area contributed by atoms with Crippen LogP contribution in [-0.2, 0) is 27.8 Å². The van der Waals surface area contributed by atoms with Gasteiger partial charge in [0.1, 0.15) is 6.04 Å². The summed E-state index contributed by atoms with van der Waals surface area (Å²) in [7, 11) is -3.22. The zero-order valence-electron chi connectivity index (χ0n) is 14.9. The number of hydrogen-bond acceptors (Lipinski definition) is 4. The fraction of sp³-hybridized carbons (Fsp3) is 0.316. The Bertz CT molecular complexity index is 895. The number of sulfonamides is 1. The molecule has 2 aromatic carbocycles. The van der Waals surface area contributed by atoms with E-state index in [1.807, 2.05) is 19.1 Å². The molecule has 0 saturated carbocycles. The molecule has 0 unspecified atom stereocenters. The van der Waals surface area contributed by atoms with Gasteiger partial charge in [-0.05, 0) is 42.7 Å². The molecular weight excluding hydrogens is 350 g/mol. The van der Waals surface area contributed by atoms with Gasteiger partial charge in [-0.2, -0.15) is 0 Å². The van der Waals surface area contributed by atoms with E-state index >= 15 is 0 Å². The largest absolute Gasteiger partial charge is 0.359 e. The molecule has 0 aromatic heterocycles. The summed E-state index contributed by atoms with van der Waals surface area (Å²) in [5, 5.41) is 2.93. The van der Waals surface area contributed by atoms with Crippen molar-refractivity contribution < 1.29 is 13.2 Å². The van der Waals surface area contributed by atoms with Gasteiger partial charge in [0.05, 0.1) is 6.26 Å². The maximum Gasteiger partial charge on any atom is 0.246 e. The SMILES string of the molecule is C[C@H](C(=O)Nc1ccc(CNS(C)(=O)=O)cc1)N1CCc2ccccc21. The summed E-state index contributed by atoms with van der Waals surface area (Å²) in [6.45, 7) is 2.97. The molecule has 1 atom stereocenters. The highest BCUT2D eigenvalue weighted by molar-refractivity contribution is 7.88. The van der Waals surface area contributed by atoms with Crippen LogP contribution < -0.4 is 14.9 Å². The van der Waals surface area contributed by atoms with Crippen molar-refractivity contribution in [3.63, 3.8) is 0 Å². The number of amides is 1. The van der Waals surface area contributed by atoms with E-state index in [9.17, 15) is 13.2 Å². The fourth-order valence-corrected chi connectivity index (χ4v) is 3.50. The van der Waals surface area contributed by atoms with Crippen molar-refractivity contribution in [2.75, 3.05) is 23.0 Å². The lowest BCUT2D eigenvalue weighted by molar-refractivity contribution is -0.117. The highest BCUT2D eigenvalue weighted by atomic mass is 32.2. The van der Waals surface area contributed by atoms with Gasteiger partial charge in [0.25, 0.3) is 0 Å². The molecule has 0 spiro atoms. The molecule has 1 heterocycles. The van der Waals surface area contributed by atoms with Crippen LogP contribution in [-0.4, -0.2) is 33.2 Å². The minimum atomic E-state index is -3.22. The number of rotatable bonds is 6. The minimum absolute atomic E-state index is 0.0660. The zero-order chi connectivity index (χ0) is 18.7. The normalized spacial score (nSPS) is 14.8. The van der Waals surface area contributed by atoms with Crippen molar-refractivity contribution in [2.24, 2.45) is 0 Å². The van der Waals surface area contributed by atoms with Crippen molar-refractivity contribution in [3.8, 4) is 0 Å². The van der Waals surface area contributed by atoms with Gasteiger partial charge in [-0.1, -0.05) is 30.3 Å². The van der Waals surface area contributed by atoms with E-state index in [2.05, 4.69) is 27.1 Å². The monoisotopic (exact) mass is 373 g/mol. The quantitative estimate of drug-likeness (QED) is 0.813. The number of para-hydroxylation sites is 1. The van der Waals surface area contributed by atoms with E-state index in [1.165, 1.54) is 5.56 Å². The molecule has 7 heteroatoms.